The summed E-state index contributed by atoms with van der Waals surface area (Å²) < 4.78 is 6.00. The maximum Gasteiger partial charge on any atom is 0.266 e. The third-order valence-corrected chi connectivity index (χ3v) is 4.58. The van der Waals surface area contributed by atoms with Crippen molar-refractivity contribution >= 4 is 56.8 Å². The molecule has 2 aromatic rings. The average molecular weight is 450 g/mol. The van der Waals surface area contributed by atoms with Crippen molar-refractivity contribution in [3.63, 3.8) is 0 Å². The Hall–Kier alpha value is -2.44. The monoisotopic (exact) mass is 448 g/mol. The highest BCUT2D eigenvalue weighted by Crippen LogP contribution is 2.30. The highest BCUT2D eigenvalue weighted by Gasteiger charge is 2.13. The second-order valence-corrected chi connectivity index (χ2v) is 6.55. The summed E-state index contributed by atoms with van der Waals surface area (Å²) in [5.74, 6) is 2.34. The first-order valence-electron chi connectivity index (χ1n) is 7.19. The van der Waals surface area contributed by atoms with Gasteiger partial charge in [-0.25, -0.2) is 0 Å². The number of anilines is 1. The molecule has 0 heterocycles. The van der Waals surface area contributed by atoms with Gasteiger partial charge in [0.1, 0.15) is 24.0 Å². The van der Waals surface area contributed by atoms with Crippen LogP contribution >= 0.6 is 39.1 Å². The minimum absolute atomic E-state index is 0.0924. The number of carbonyl (C=O) groups is 1. The zero-order valence-electron chi connectivity index (χ0n) is 13.2. The summed E-state index contributed by atoms with van der Waals surface area (Å²) in [7, 11) is 0. The number of hydrogen-bond donors (Lipinski definition) is 1. The molecule has 0 atom stereocenters. The van der Waals surface area contributed by atoms with E-state index in [9.17, 15) is 10.1 Å². The number of nitrogens with one attached hydrogen (secondary N) is 1. The van der Waals surface area contributed by atoms with Crippen molar-refractivity contribution in [2.45, 2.75) is 0 Å². The lowest BCUT2D eigenvalue weighted by atomic mass is 10.1. The summed E-state index contributed by atoms with van der Waals surface area (Å²) in [6.45, 7) is 0.139. The summed E-state index contributed by atoms with van der Waals surface area (Å²) in [5.41, 5.74) is 0.864. The van der Waals surface area contributed by atoms with Gasteiger partial charge < -0.3 is 10.1 Å². The van der Waals surface area contributed by atoms with E-state index in [1.165, 1.54) is 6.08 Å². The Kier molecular flexibility index (Phi) is 7.12. The summed E-state index contributed by atoms with van der Waals surface area (Å²) >= 11 is 15.3. The van der Waals surface area contributed by atoms with E-state index in [0.717, 1.165) is 0 Å². The van der Waals surface area contributed by atoms with E-state index in [1.807, 2.05) is 6.07 Å². The van der Waals surface area contributed by atoms with Gasteiger partial charge in [0.25, 0.3) is 5.91 Å². The fraction of sp³-hybridized carbons (Fsp3) is 0.0526. The van der Waals surface area contributed by atoms with Crippen LogP contribution in [0.4, 0.5) is 5.69 Å². The number of halogens is 3. The number of carbonyl (C=O) groups excluding carboxylic acids is 1. The number of rotatable bonds is 5. The Bertz CT molecular complexity index is 959. The molecule has 0 aliphatic heterocycles. The molecule has 0 aliphatic rings. The van der Waals surface area contributed by atoms with Crippen LogP contribution in [-0.4, -0.2) is 12.5 Å². The SMILES string of the molecule is C#CCOc1ccc(/C=C(/C#N)C(=O)Nc2cccc(Cl)c2Cl)cc1Br. The molecule has 2 aromatic carbocycles. The van der Waals surface area contributed by atoms with Crippen molar-refractivity contribution < 1.29 is 9.53 Å². The van der Waals surface area contributed by atoms with Crippen LogP contribution < -0.4 is 10.1 Å². The summed E-state index contributed by atoms with van der Waals surface area (Å²) in [5, 5.41) is 12.4. The maximum absolute atomic E-state index is 12.3. The Morgan fingerprint density at radius 2 is 2.12 bits per heavy atom. The van der Waals surface area contributed by atoms with E-state index < -0.39 is 5.91 Å². The van der Waals surface area contributed by atoms with E-state index in [0.29, 0.717) is 26.5 Å². The summed E-state index contributed by atoms with van der Waals surface area (Å²) in [4.78, 5) is 12.3. The van der Waals surface area contributed by atoms with E-state index in [4.69, 9.17) is 34.4 Å². The molecule has 0 aromatic heterocycles. The second kappa shape index (κ2) is 9.31. The Labute approximate surface area is 169 Å². The van der Waals surface area contributed by atoms with Crippen molar-refractivity contribution in [1.82, 2.24) is 0 Å². The van der Waals surface area contributed by atoms with Gasteiger partial charge in [0.05, 0.1) is 20.2 Å². The fourth-order valence-corrected chi connectivity index (χ4v) is 2.81. The van der Waals surface area contributed by atoms with Crippen LogP contribution in [0, 0.1) is 23.7 Å². The Morgan fingerprint density at radius 1 is 1.35 bits per heavy atom. The molecule has 4 nitrogen and oxygen atoms in total. The van der Waals surface area contributed by atoms with E-state index in [-0.39, 0.29) is 17.2 Å². The molecule has 1 N–H and O–H groups in total. The van der Waals surface area contributed by atoms with Crippen molar-refractivity contribution in [3.05, 3.63) is 62.1 Å². The molecule has 2 rings (SSSR count). The molecule has 0 fully saturated rings. The molecule has 0 saturated heterocycles. The number of ether oxygens (including phenoxy) is 1. The Morgan fingerprint density at radius 3 is 2.77 bits per heavy atom. The van der Waals surface area contributed by atoms with Gasteiger partial charge in [-0.1, -0.05) is 41.3 Å². The van der Waals surface area contributed by atoms with Crippen molar-refractivity contribution in [1.29, 1.82) is 5.26 Å². The highest BCUT2D eigenvalue weighted by atomic mass is 79.9. The topological polar surface area (TPSA) is 62.1 Å². The molecule has 0 spiro atoms. The maximum atomic E-state index is 12.3. The van der Waals surface area contributed by atoms with Gasteiger partial charge in [-0.2, -0.15) is 5.26 Å². The van der Waals surface area contributed by atoms with E-state index >= 15 is 0 Å². The lowest BCUT2D eigenvalue weighted by Crippen LogP contribution is -2.13. The first kappa shape index (κ1) is 19.9. The number of hydrogen-bond acceptors (Lipinski definition) is 3. The normalized spacial score (nSPS) is 10.6. The molecular formula is C19H11BrCl2N2O2. The zero-order valence-corrected chi connectivity index (χ0v) is 16.3. The summed E-state index contributed by atoms with van der Waals surface area (Å²) in [6, 6.07) is 11.8. The number of nitriles is 1. The number of benzene rings is 2. The molecule has 0 aliphatic carbocycles. The van der Waals surface area contributed by atoms with Crippen LogP contribution in [0.25, 0.3) is 6.08 Å². The molecule has 0 bridgehead atoms. The number of nitrogens with zero attached hydrogens (tertiary/aromatic N) is 1. The average Bonchev–Trinajstić information content (AvgIpc) is 2.62. The standard InChI is InChI=1S/C19H11BrCl2N2O2/c1-2-8-26-17-7-6-12(10-14(17)20)9-13(11-23)19(25)24-16-5-3-4-15(21)18(16)22/h1,3-7,9-10H,8H2,(H,24,25)/b13-9-. The van der Waals surface area contributed by atoms with E-state index in [2.05, 4.69) is 27.2 Å². The van der Waals surface area contributed by atoms with Gasteiger partial charge in [0.2, 0.25) is 0 Å². The van der Waals surface area contributed by atoms with Crippen LogP contribution in [0.2, 0.25) is 10.0 Å². The van der Waals surface area contributed by atoms with Gasteiger partial charge in [-0.05, 0) is 51.8 Å². The Balaban J connectivity index is 2.23. The van der Waals surface area contributed by atoms with Gasteiger partial charge in [0, 0.05) is 0 Å². The fourth-order valence-electron chi connectivity index (χ4n) is 1.95. The van der Waals surface area contributed by atoms with E-state index in [1.54, 1.807) is 36.4 Å². The molecule has 1 amide bonds. The molecule has 0 unspecified atom stereocenters. The van der Waals surface area contributed by atoms with Crippen molar-refractivity contribution in [3.8, 4) is 24.2 Å². The molecule has 26 heavy (non-hydrogen) atoms. The quantitative estimate of drug-likeness (QED) is 0.382. The largest absolute Gasteiger partial charge is 0.480 e. The molecule has 0 saturated carbocycles. The molecular weight excluding hydrogens is 439 g/mol. The third kappa shape index (κ3) is 5.03. The third-order valence-electron chi connectivity index (χ3n) is 3.14. The molecule has 0 radical (unpaired) electrons. The lowest BCUT2D eigenvalue weighted by molar-refractivity contribution is -0.112. The highest BCUT2D eigenvalue weighted by molar-refractivity contribution is 9.10. The lowest BCUT2D eigenvalue weighted by Gasteiger charge is -2.08. The summed E-state index contributed by atoms with van der Waals surface area (Å²) in [6.07, 6.45) is 6.61. The van der Waals surface area contributed by atoms with Gasteiger partial charge >= 0.3 is 0 Å². The number of amides is 1. The van der Waals surface area contributed by atoms with Crippen LogP contribution in [-0.2, 0) is 4.79 Å². The zero-order chi connectivity index (χ0) is 19.1. The van der Waals surface area contributed by atoms with Gasteiger partial charge in [0.15, 0.2) is 0 Å². The van der Waals surface area contributed by atoms with Gasteiger partial charge in [-0.3, -0.25) is 4.79 Å². The van der Waals surface area contributed by atoms with Crippen LogP contribution in [0.5, 0.6) is 5.75 Å². The van der Waals surface area contributed by atoms with Crippen LogP contribution in [0.3, 0.4) is 0 Å². The molecule has 7 heteroatoms. The first-order chi connectivity index (χ1) is 12.5. The predicted octanol–water partition coefficient (Wildman–Crippen LogP) is 5.31. The predicted molar refractivity (Wildman–Crippen MR) is 107 cm³/mol. The van der Waals surface area contributed by atoms with Gasteiger partial charge in [-0.15, -0.1) is 6.42 Å². The number of terminal acetylenes is 1. The van der Waals surface area contributed by atoms with Crippen LogP contribution in [0.15, 0.2) is 46.4 Å². The van der Waals surface area contributed by atoms with Crippen molar-refractivity contribution in [2.24, 2.45) is 0 Å². The smallest absolute Gasteiger partial charge is 0.266 e. The minimum atomic E-state index is -0.597. The minimum Gasteiger partial charge on any atom is -0.480 e. The first-order valence-corrected chi connectivity index (χ1v) is 8.74. The van der Waals surface area contributed by atoms with Crippen LogP contribution in [0.1, 0.15) is 5.56 Å². The molecule has 130 valence electrons. The second-order valence-electron chi connectivity index (χ2n) is 4.91. The van der Waals surface area contributed by atoms with Crippen molar-refractivity contribution in [2.75, 3.05) is 11.9 Å².